The predicted molar refractivity (Wildman–Crippen MR) is 47.5 cm³/mol. The van der Waals surface area contributed by atoms with Crippen LogP contribution in [0.3, 0.4) is 0 Å². The van der Waals surface area contributed by atoms with Gasteiger partial charge in [-0.2, -0.15) is 0 Å². The highest BCUT2D eigenvalue weighted by atomic mass is 19.2. The predicted octanol–water partition coefficient (Wildman–Crippen LogP) is 1.32. The van der Waals surface area contributed by atoms with Crippen LogP contribution in [0, 0.1) is 11.6 Å². The minimum absolute atomic E-state index is 0.144. The van der Waals surface area contributed by atoms with Crippen LogP contribution in [0.4, 0.5) is 14.5 Å². The van der Waals surface area contributed by atoms with Gasteiger partial charge in [0.05, 0.1) is 0 Å². The summed E-state index contributed by atoms with van der Waals surface area (Å²) < 4.78 is 25.1. The van der Waals surface area contributed by atoms with Crippen LogP contribution in [0.1, 0.15) is 0 Å². The maximum atomic E-state index is 12.6. The normalized spacial score (nSPS) is 11.5. The highest BCUT2D eigenvalue weighted by Crippen LogP contribution is 2.12. The van der Waals surface area contributed by atoms with E-state index >= 15 is 0 Å². The van der Waals surface area contributed by atoms with Gasteiger partial charge in [0.2, 0.25) is 0 Å². The fourth-order valence-electron chi connectivity index (χ4n) is 0.778. The molecule has 0 heterocycles. The minimum Gasteiger partial charge on any atom is -0.370 e. The van der Waals surface area contributed by atoms with Crippen LogP contribution in [-0.2, 0) is 0 Å². The zero-order valence-corrected chi connectivity index (χ0v) is 7.01. The number of halogens is 2. The molecule has 3 nitrogen and oxygen atoms in total. The maximum absolute atomic E-state index is 12.6. The second-order valence-electron chi connectivity index (χ2n) is 2.36. The summed E-state index contributed by atoms with van der Waals surface area (Å²) in [6, 6.07) is 3.39. The Balaban J connectivity index is 2.86. The van der Waals surface area contributed by atoms with Gasteiger partial charge in [0.1, 0.15) is 0 Å². The van der Waals surface area contributed by atoms with E-state index in [0.717, 1.165) is 12.1 Å². The summed E-state index contributed by atoms with van der Waals surface area (Å²) in [7, 11) is 1.49. The van der Waals surface area contributed by atoms with Crippen LogP contribution in [0.2, 0.25) is 0 Å². The number of aliphatic imine (C=N–C) groups is 1. The molecule has 0 aliphatic rings. The first-order valence-corrected chi connectivity index (χ1v) is 3.58. The first-order chi connectivity index (χ1) is 6.13. The third kappa shape index (κ3) is 2.40. The Hall–Kier alpha value is -1.65. The van der Waals surface area contributed by atoms with E-state index in [9.17, 15) is 8.78 Å². The van der Waals surface area contributed by atoms with Crippen molar-refractivity contribution in [2.24, 2.45) is 10.7 Å². The van der Waals surface area contributed by atoms with Crippen LogP contribution in [0.15, 0.2) is 23.2 Å². The fourth-order valence-corrected chi connectivity index (χ4v) is 0.778. The SMILES string of the molecule is CN=C(N)Nc1ccc(F)c(F)c1. The summed E-state index contributed by atoms with van der Waals surface area (Å²) in [5.41, 5.74) is 5.68. The standard InChI is InChI=1S/C8H9F2N3/c1-12-8(11)13-5-2-3-6(9)7(10)4-5/h2-4H,1H3,(H3,11,12,13). The van der Waals surface area contributed by atoms with Crippen molar-refractivity contribution < 1.29 is 8.78 Å². The molecule has 1 aromatic rings. The second kappa shape index (κ2) is 3.84. The Bertz CT molecular complexity index is 336. The van der Waals surface area contributed by atoms with E-state index in [0.29, 0.717) is 5.69 Å². The van der Waals surface area contributed by atoms with Crippen molar-refractivity contribution in [2.75, 3.05) is 12.4 Å². The van der Waals surface area contributed by atoms with Crippen LogP contribution in [0.5, 0.6) is 0 Å². The van der Waals surface area contributed by atoms with Crippen molar-refractivity contribution >= 4 is 11.6 Å². The van der Waals surface area contributed by atoms with Crippen molar-refractivity contribution in [3.8, 4) is 0 Å². The molecule has 0 fully saturated rings. The Morgan fingerprint density at radius 3 is 2.62 bits per heavy atom. The van der Waals surface area contributed by atoms with Crippen molar-refractivity contribution in [1.29, 1.82) is 0 Å². The Morgan fingerprint density at radius 2 is 2.08 bits per heavy atom. The van der Waals surface area contributed by atoms with Gasteiger partial charge in [0.15, 0.2) is 17.6 Å². The van der Waals surface area contributed by atoms with Crippen LogP contribution >= 0.6 is 0 Å². The molecule has 0 spiro atoms. The summed E-state index contributed by atoms with van der Waals surface area (Å²) in [6.45, 7) is 0. The molecule has 0 saturated carbocycles. The molecular formula is C8H9F2N3. The van der Waals surface area contributed by atoms with Gasteiger partial charge in [-0.3, -0.25) is 4.99 Å². The minimum atomic E-state index is -0.922. The lowest BCUT2D eigenvalue weighted by atomic mass is 10.3. The molecule has 1 rings (SSSR count). The number of nitrogens with zero attached hydrogens (tertiary/aromatic N) is 1. The molecular weight excluding hydrogens is 176 g/mol. The largest absolute Gasteiger partial charge is 0.370 e. The number of anilines is 1. The molecule has 0 saturated heterocycles. The zero-order chi connectivity index (χ0) is 9.84. The number of guanidine groups is 1. The molecule has 0 aliphatic heterocycles. The van der Waals surface area contributed by atoms with E-state index in [1.165, 1.54) is 13.1 Å². The molecule has 3 N–H and O–H groups in total. The van der Waals surface area contributed by atoms with Gasteiger partial charge < -0.3 is 11.1 Å². The lowest BCUT2D eigenvalue weighted by Gasteiger charge is -2.04. The molecule has 0 atom stereocenters. The summed E-state index contributed by atoms with van der Waals surface area (Å²) in [5.74, 6) is -1.67. The molecule has 0 radical (unpaired) electrons. The Kier molecular flexibility index (Phi) is 2.79. The summed E-state index contributed by atoms with van der Waals surface area (Å²) >= 11 is 0. The molecule has 1 aromatic carbocycles. The number of hydrogen-bond acceptors (Lipinski definition) is 1. The van der Waals surface area contributed by atoms with E-state index < -0.39 is 11.6 Å². The third-order valence-electron chi connectivity index (χ3n) is 1.43. The lowest BCUT2D eigenvalue weighted by Crippen LogP contribution is -2.22. The Morgan fingerprint density at radius 1 is 1.38 bits per heavy atom. The molecule has 0 amide bonds. The van der Waals surface area contributed by atoms with Gasteiger partial charge in [-0.1, -0.05) is 0 Å². The number of hydrogen-bond donors (Lipinski definition) is 2. The number of nitrogens with two attached hydrogens (primary N) is 1. The molecule has 70 valence electrons. The first-order valence-electron chi connectivity index (χ1n) is 3.58. The molecule has 0 unspecified atom stereocenters. The third-order valence-corrected chi connectivity index (χ3v) is 1.43. The van der Waals surface area contributed by atoms with Crippen molar-refractivity contribution in [3.63, 3.8) is 0 Å². The number of rotatable bonds is 1. The lowest BCUT2D eigenvalue weighted by molar-refractivity contribution is 0.509. The second-order valence-corrected chi connectivity index (χ2v) is 2.36. The van der Waals surface area contributed by atoms with E-state index in [4.69, 9.17) is 5.73 Å². The van der Waals surface area contributed by atoms with E-state index in [-0.39, 0.29) is 5.96 Å². The highest BCUT2D eigenvalue weighted by molar-refractivity contribution is 5.92. The number of benzene rings is 1. The van der Waals surface area contributed by atoms with Crippen LogP contribution < -0.4 is 11.1 Å². The zero-order valence-electron chi connectivity index (χ0n) is 7.01. The molecule has 5 heteroatoms. The summed E-state index contributed by atoms with van der Waals surface area (Å²) in [6.07, 6.45) is 0. The topological polar surface area (TPSA) is 50.4 Å². The van der Waals surface area contributed by atoms with E-state index in [1.807, 2.05) is 0 Å². The molecule has 13 heavy (non-hydrogen) atoms. The van der Waals surface area contributed by atoms with Gasteiger partial charge in [0, 0.05) is 18.8 Å². The number of nitrogens with one attached hydrogen (secondary N) is 1. The molecule has 0 bridgehead atoms. The fraction of sp³-hybridized carbons (Fsp3) is 0.125. The van der Waals surface area contributed by atoms with Gasteiger partial charge in [-0.15, -0.1) is 0 Å². The average Bonchev–Trinajstić information content (AvgIpc) is 2.11. The van der Waals surface area contributed by atoms with Gasteiger partial charge in [-0.25, -0.2) is 8.78 Å². The smallest absolute Gasteiger partial charge is 0.192 e. The van der Waals surface area contributed by atoms with Crippen molar-refractivity contribution in [2.45, 2.75) is 0 Å². The first kappa shape index (κ1) is 9.44. The van der Waals surface area contributed by atoms with Crippen LogP contribution in [0.25, 0.3) is 0 Å². The van der Waals surface area contributed by atoms with E-state index in [2.05, 4.69) is 10.3 Å². The average molecular weight is 185 g/mol. The van der Waals surface area contributed by atoms with Gasteiger partial charge in [0.25, 0.3) is 0 Å². The quantitative estimate of drug-likeness (QED) is 0.512. The van der Waals surface area contributed by atoms with Gasteiger partial charge >= 0.3 is 0 Å². The van der Waals surface area contributed by atoms with Gasteiger partial charge in [-0.05, 0) is 12.1 Å². The Labute approximate surface area is 74.3 Å². The van der Waals surface area contributed by atoms with Crippen molar-refractivity contribution in [1.82, 2.24) is 0 Å². The van der Waals surface area contributed by atoms with Crippen molar-refractivity contribution in [3.05, 3.63) is 29.8 Å². The van der Waals surface area contributed by atoms with E-state index in [1.54, 1.807) is 0 Å². The molecule has 0 aromatic heterocycles. The van der Waals surface area contributed by atoms with Crippen LogP contribution in [-0.4, -0.2) is 13.0 Å². The summed E-state index contributed by atoms with van der Waals surface area (Å²) in [5, 5.41) is 2.58. The summed E-state index contributed by atoms with van der Waals surface area (Å²) in [4.78, 5) is 3.60. The monoisotopic (exact) mass is 185 g/mol. The highest BCUT2D eigenvalue weighted by Gasteiger charge is 2.02. The molecule has 0 aliphatic carbocycles. The maximum Gasteiger partial charge on any atom is 0.192 e.